The quantitative estimate of drug-likeness (QED) is 0.602. The number of amides is 2. The maximum Gasteiger partial charge on any atom is 0.319 e. The lowest BCUT2D eigenvalue weighted by Crippen LogP contribution is -2.32. The van der Waals surface area contributed by atoms with Crippen molar-refractivity contribution < 1.29 is 9.53 Å². The van der Waals surface area contributed by atoms with Crippen molar-refractivity contribution in [3.63, 3.8) is 0 Å². The molecule has 0 saturated carbocycles. The predicted octanol–water partition coefficient (Wildman–Crippen LogP) is 3.59. The third-order valence-corrected chi connectivity index (χ3v) is 3.60. The van der Waals surface area contributed by atoms with Gasteiger partial charge in [-0.25, -0.2) is 4.79 Å². The Hall–Kier alpha value is -3.28. The molecule has 0 spiro atoms. The van der Waals surface area contributed by atoms with E-state index in [0.717, 1.165) is 28.3 Å². The number of aromatic nitrogens is 2. The number of nitrogens with zero attached hydrogens (tertiary/aromatic N) is 1. The van der Waals surface area contributed by atoms with Crippen LogP contribution in [0.1, 0.15) is 5.56 Å². The van der Waals surface area contributed by atoms with Gasteiger partial charge >= 0.3 is 6.03 Å². The summed E-state index contributed by atoms with van der Waals surface area (Å²) < 4.78 is 5.59. The smallest absolute Gasteiger partial charge is 0.319 e. The fraction of sp³-hybridized carbons (Fsp3) is 0.158. The van der Waals surface area contributed by atoms with Crippen LogP contribution in [-0.2, 0) is 0 Å². The summed E-state index contributed by atoms with van der Waals surface area (Å²) in [5.41, 5.74) is 3.81. The number of rotatable bonds is 6. The largest absolute Gasteiger partial charge is 0.492 e. The van der Waals surface area contributed by atoms with Gasteiger partial charge in [-0.05, 0) is 48.4 Å². The van der Waals surface area contributed by atoms with Gasteiger partial charge in [-0.2, -0.15) is 5.10 Å². The molecule has 2 aromatic carbocycles. The Kier molecular flexibility index (Phi) is 5.31. The van der Waals surface area contributed by atoms with Crippen LogP contribution in [0.25, 0.3) is 11.3 Å². The standard InChI is InChI=1S/C19H20N4O2/c1-14-3-2-4-17(13-14)25-12-11-20-19(24)22-16-7-5-15(6-8-16)18-9-10-21-23-18/h2-10,13H,11-12H2,1H3,(H,21,23)(H2,20,22,24). The topological polar surface area (TPSA) is 79.0 Å². The Balaban J connectivity index is 1.41. The van der Waals surface area contributed by atoms with Gasteiger partial charge in [0.2, 0.25) is 0 Å². The minimum absolute atomic E-state index is 0.262. The number of hydrogen-bond acceptors (Lipinski definition) is 3. The summed E-state index contributed by atoms with van der Waals surface area (Å²) in [6.07, 6.45) is 1.70. The highest BCUT2D eigenvalue weighted by atomic mass is 16.5. The van der Waals surface area contributed by atoms with Crippen molar-refractivity contribution >= 4 is 11.7 Å². The first-order valence-electron chi connectivity index (χ1n) is 8.05. The molecule has 0 fully saturated rings. The number of urea groups is 1. The zero-order chi connectivity index (χ0) is 17.5. The van der Waals surface area contributed by atoms with Crippen LogP contribution < -0.4 is 15.4 Å². The zero-order valence-electron chi connectivity index (χ0n) is 14.0. The van der Waals surface area contributed by atoms with Crippen LogP contribution in [0.5, 0.6) is 5.75 Å². The van der Waals surface area contributed by atoms with Crippen LogP contribution >= 0.6 is 0 Å². The van der Waals surface area contributed by atoms with Crippen molar-refractivity contribution in [2.75, 3.05) is 18.5 Å². The van der Waals surface area contributed by atoms with E-state index in [1.807, 2.05) is 61.5 Å². The number of benzene rings is 2. The molecule has 0 radical (unpaired) electrons. The van der Waals surface area contributed by atoms with Gasteiger partial charge < -0.3 is 15.4 Å². The van der Waals surface area contributed by atoms with Crippen LogP contribution in [0.3, 0.4) is 0 Å². The molecular formula is C19H20N4O2. The van der Waals surface area contributed by atoms with E-state index in [0.29, 0.717) is 13.2 Å². The normalized spacial score (nSPS) is 10.3. The average Bonchev–Trinajstić information content (AvgIpc) is 3.14. The van der Waals surface area contributed by atoms with Crippen LogP contribution in [0.15, 0.2) is 60.8 Å². The van der Waals surface area contributed by atoms with Crippen molar-refractivity contribution in [1.82, 2.24) is 15.5 Å². The molecule has 1 heterocycles. The van der Waals surface area contributed by atoms with Gasteiger partial charge in [-0.3, -0.25) is 5.10 Å². The van der Waals surface area contributed by atoms with Crippen LogP contribution in [-0.4, -0.2) is 29.4 Å². The second-order valence-corrected chi connectivity index (χ2v) is 5.59. The number of hydrogen-bond donors (Lipinski definition) is 3. The molecule has 0 bridgehead atoms. The molecule has 3 rings (SSSR count). The molecule has 0 aliphatic heterocycles. The van der Waals surface area contributed by atoms with E-state index >= 15 is 0 Å². The first-order valence-corrected chi connectivity index (χ1v) is 8.05. The van der Waals surface area contributed by atoms with Crippen molar-refractivity contribution in [2.24, 2.45) is 0 Å². The minimum atomic E-state index is -0.262. The molecule has 0 unspecified atom stereocenters. The Bertz CT molecular complexity index is 814. The molecule has 0 atom stereocenters. The number of H-pyrrole nitrogens is 1. The lowest BCUT2D eigenvalue weighted by molar-refractivity contribution is 0.247. The van der Waals surface area contributed by atoms with Crippen molar-refractivity contribution in [2.45, 2.75) is 6.92 Å². The molecule has 25 heavy (non-hydrogen) atoms. The molecule has 0 aliphatic carbocycles. The summed E-state index contributed by atoms with van der Waals surface area (Å²) in [6.45, 7) is 2.85. The predicted molar refractivity (Wildman–Crippen MR) is 97.7 cm³/mol. The summed E-state index contributed by atoms with van der Waals surface area (Å²) in [4.78, 5) is 11.9. The number of aromatic amines is 1. The molecule has 2 amide bonds. The number of aryl methyl sites for hydroxylation is 1. The van der Waals surface area contributed by atoms with E-state index in [2.05, 4.69) is 20.8 Å². The molecular weight excluding hydrogens is 316 g/mol. The third kappa shape index (κ3) is 4.84. The fourth-order valence-electron chi connectivity index (χ4n) is 2.36. The molecule has 128 valence electrons. The molecule has 3 aromatic rings. The molecule has 6 nitrogen and oxygen atoms in total. The van der Waals surface area contributed by atoms with Gasteiger partial charge in [0.1, 0.15) is 12.4 Å². The second-order valence-electron chi connectivity index (χ2n) is 5.59. The number of carbonyl (C=O) groups excluding carboxylic acids is 1. The van der Waals surface area contributed by atoms with Crippen LogP contribution in [0.2, 0.25) is 0 Å². The lowest BCUT2D eigenvalue weighted by atomic mass is 10.1. The van der Waals surface area contributed by atoms with E-state index in [4.69, 9.17) is 4.74 Å². The van der Waals surface area contributed by atoms with E-state index in [1.54, 1.807) is 6.20 Å². The highest BCUT2D eigenvalue weighted by Gasteiger charge is 2.03. The average molecular weight is 336 g/mol. The van der Waals surface area contributed by atoms with Crippen LogP contribution in [0, 0.1) is 6.92 Å². The maximum absolute atomic E-state index is 11.9. The highest BCUT2D eigenvalue weighted by molar-refractivity contribution is 5.89. The Morgan fingerprint density at radius 1 is 1.16 bits per heavy atom. The Morgan fingerprint density at radius 2 is 2.00 bits per heavy atom. The zero-order valence-corrected chi connectivity index (χ0v) is 14.0. The van der Waals surface area contributed by atoms with Gasteiger partial charge in [0.25, 0.3) is 0 Å². The summed E-state index contributed by atoms with van der Waals surface area (Å²) in [6, 6.07) is 17.0. The second kappa shape index (κ2) is 8.01. The van der Waals surface area contributed by atoms with E-state index in [-0.39, 0.29) is 6.03 Å². The molecule has 0 aliphatic rings. The SMILES string of the molecule is Cc1cccc(OCCNC(=O)Nc2ccc(-c3ccn[nH]3)cc2)c1. The number of carbonyl (C=O) groups is 1. The molecule has 6 heteroatoms. The van der Waals surface area contributed by atoms with E-state index in [1.165, 1.54) is 0 Å². The van der Waals surface area contributed by atoms with E-state index in [9.17, 15) is 4.79 Å². The third-order valence-electron chi connectivity index (χ3n) is 3.60. The number of ether oxygens (including phenoxy) is 1. The monoisotopic (exact) mass is 336 g/mol. The fourth-order valence-corrected chi connectivity index (χ4v) is 2.36. The summed E-state index contributed by atoms with van der Waals surface area (Å²) in [7, 11) is 0. The summed E-state index contributed by atoms with van der Waals surface area (Å²) >= 11 is 0. The van der Waals surface area contributed by atoms with Gasteiger partial charge in [0, 0.05) is 11.9 Å². The van der Waals surface area contributed by atoms with Crippen molar-refractivity contribution in [3.05, 3.63) is 66.4 Å². The maximum atomic E-state index is 11.9. The highest BCUT2D eigenvalue weighted by Crippen LogP contribution is 2.18. The Labute approximate surface area is 146 Å². The van der Waals surface area contributed by atoms with Crippen molar-refractivity contribution in [1.29, 1.82) is 0 Å². The Morgan fingerprint density at radius 3 is 2.72 bits per heavy atom. The molecule has 1 aromatic heterocycles. The van der Waals surface area contributed by atoms with Crippen LogP contribution in [0.4, 0.5) is 10.5 Å². The summed E-state index contributed by atoms with van der Waals surface area (Å²) in [5.74, 6) is 0.802. The van der Waals surface area contributed by atoms with Gasteiger partial charge in [-0.15, -0.1) is 0 Å². The van der Waals surface area contributed by atoms with Gasteiger partial charge in [0.15, 0.2) is 0 Å². The van der Waals surface area contributed by atoms with Gasteiger partial charge in [-0.1, -0.05) is 24.3 Å². The number of nitrogens with one attached hydrogen (secondary N) is 3. The van der Waals surface area contributed by atoms with Crippen molar-refractivity contribution in [3.8, 4) is 17.0 Å². The molecule has 0 saturated heterocycles. The summed E-state index contributed by atoms with van der Waals surface area (Å²) in [5, 5.41) is 12.4. The molecule has 3 N–H and O–H groups in total. The first-order chi connectivity index (χ1) is 12.2. The van der Waals surface area contributed by atoms with E-state index < -0.39 is 0 Å². The van der Waals surface area contributed by atoms with Gasteiger partial charge in [0.05, 0.1) is 12.2 Å². The number of anilines is 1. The first kappa shape index (κ1) is 16.6. The lowest BCUT2D eigenvalue weighted by Gasteiger charge is -2.10. The minimum Gasteiger partial charge on any atom is -0.492 e.